The van der Waals surface area contributed by atoms with Crippen LogP contribution in [0.25, 0.3) is 0 Å². The van der Waals surface area contributed by atoms with Crippen molar-refractivity contribution < 1.29 is 23.5 Å². The van der Waals surface area contributed by atoms with Crippen LogP contribution in [-0.4, -0.2) is 73.2 Å². The Morgan fingerprint density at radius 2 is 1.85 bits per heavy atom. The predicted octanol–water partition coefficient (Wildman–Crippen LogP) is 3.02. The third-order valence-electron chi connectivity index (χ3n) is 7.38. The van der Waals surface area contributed by atoms with Crippen LogP contribution in [-0.2, 0) is 25.5 Å². The summed E-state index contributed by atoms with van der Waals surface area (Å²) in [6.45, 7) is 3.67. The maximum atomic E-state index is 13.9. The van der Waals surface area contributed by atoms with Crippen molar-refractivity contribution in [3.63, 3.8) is 0 Å². The van der Waals surface area contributed by atoms with E-state index in [-0.39, 0.29) is 36.5 Å². The number of ether oxygens (including phenoxy) is 2. The van der Waals surface area contributed by atoms with E-state index in [0.717, 1.165) is 31.6 Å². The number of carbonyl (C=O) groups is 2. The van der Waals surface area contributed by atoms with Gasteiger partial charge in [0.25, 0.3) is 5.91 Å². The lowest BCUT2D eigenvalue weighted by Gasteiger charge is -2.42. The van der Waals surface area contributed by atoms with Gasteiger partial charge in [-0.3, -0.25) is 9.59 Å². The number of rotatable bonds is 5. The molecule has 3 aliphatic heterocycles. The quantitative estimate of drug-likeness (QED) is 0.680. The molecule has 2 amide bonds. The highest BCUT2D eigenvalue weighted by molar-refractivity contribution is 5.91. The first-order valence-corrected chi connectivity index (χ1v) is 12.1. The lowest BCUT2D eigenvalue weighted by Crippen LogP contribution is -2.59. The molecule has 0 aliphatic carbocycles. The molecule has 6 nitrogen and oxygen atoms in total. The van der Waals surface area contributed by atoms with Crippen molar-refractivity contribution in [2.75, 3.05) is 46.0 Å². The predicted molar refractivity (Wildman–Crippen MR) is 125 cm³/mol. The standard InChI is InChI=1S/C27H31FN2O4/c28-23-8-4-5-21(15-23)16-25(31)29-11-14-34-27(19-29)24(22-6-2-1-3-7-22)18-30(26(27)32)17-20-9-12-33-13-10-20/h1-8,15,20,24H,9-14,16-19H2/t24-,27+/m0/s1. The second-order valence-electron chi connectivity index (χ2n) is 9.59. The number of carbonyl (C=O) groups excluding carboxylic acids is 2. The summed E-state index contributed by atoms with van der Waals surface area (Å²) in [5.41, 5.74) is 0.580. The fraction of sp³-hybridized carbons (Fsp3) is 0.481. The van der Waals surface area contributed by atoms with E-state index >= 15 is 0 Å². The Kier molecular flexibility index (Phi) is 6.66. The molecule has 3 fully saturated rings. The van der Waals surface area contributed by atoms with Crippen LogP contribution in [0.4, 0.5) is 4.39 Å². The number of hydrogen-bond acceptors (Lipinski definition) is 4. The molecule has 180 valence electrons. The van der Waals surface area contributed by atoms with Gasteiger partial charge in [0, 0.05) is 38.8 Å². The van der Waals surface area contributed by atoms with E-state index in [1.165, 1.54) is 12.1 Å². The van der Waals surface area contributed by atoms with E-state index in [1.54, 1.807) is 17.0 Å². The number of hydrogen-bond donors (Lipinski definition) is 0. The molecule has 0 saturated carbocycles. The summed E-state index contributed by atoms with van der Waals surface area (Å²) < 4.78 is 25.4. The summed E-state index contributed by atoms with van der Waals surface area (Å²) in [6.07, 6.45) is 2.00. The third-order valence-corrected chi connectivity index (χ3v) is 7.38. The molecule has 1 spiro atoms. The fourth-order valence-electron chi connectivity index (χ4n) is 5.56. The van der Waals surface area contributed by atoms with Gasteiger partial charge in [-0.15, -0.1) is 0 Å². The number of amides is 2. The minimum absolute atomic E-state index is 0.0314. The van der Waals surface area contributed by atoms with Crippen molar-refractivity contribution in [3.05, 3.63) is 71.5 Å². The summed E-state index contributed by atoms with van der Waals surface area (Å²) in [5.74, 6) is -0.251. The van der Waals surface area contributed by atoms with Crippen LogP contribution in [0, 0.1) is 11.7 Å². The van der Waals surface area contributed by atoms with Crippen molar-refractivity contribution in [2.45, 2.75) is 30.8 Å². The van der Waals surface area contributed by atoms with Gasteiger partial charge >= 0.3 is 0 Å². The van der Waals surface area contributed by atoms with Crippen molar-refractivity contribution >= 4 is 11.8 Å². The molecule has 0 bridgehead atoms. The van der Waals surface area contributed by atoms with Crippen molar-refractivity contribution in [1.29, 1.82) is 0 Å². The summed E-state index contributed by atoms with van der Waals surface area (Å²) in [4.78, 5) is 30.7. The first kappa shape index (κ1) is 23.0. The van der Waals surface area contributed by atoms with Crippen molar-refractivity contribution in [1.82, 2.24) is 9.80 Å². The average molecular weight is 467 g/mol. The number of likely N-dealkylation sites (tertiary alicyclic amines) is 1. The van der Waals surface area contributed by atoms with Crippen LogP contribution < -0.4 is 0 Å². The topological polar surface area (TPSA) is 59.1 Å². The summed E-state index contributed by atoms with van der Waals surface area (Å²) in [7, 11) is 0. The molecule has 3 aliphatic rings. The number of benzene rings is 2. The Morgan fingerprint density at radius 3 is 2.62 bits per heavy atom. The molecule has 2 aromatic carbocycles. The maximum Gasteiger partial charge on any atom is 0.257 e. The van der Waals surface area contributed by atoms with Crippen LogP contribution in [0.2, 0.25) is 0 Å². The molecular weight excluding hydrogens is 435 g/mol. The number of nitrogens with zero attached hydrogens (tertiary/aromatic N) is 2. The average Bonchev–Trinajstić information content (AvgIpc) is 3.11. The molecule has 3 heterocycles. The molecule has 0 aromatic heterocycles. The normalized spacial score (nSPS) is 25.8. The highest BCUT2D eigenvalue weighted by atomic mass is 19.1. The van der Waals surface area contributed by atoms with Gasteiger partial charge in [0.2, 0.25) is 5.91 Å². The Labute approximate surface area is 199 Å². The van der Waals surface area contributed by atoms with Gasteiger partial charge in [0.05, 0.1) is 19.6 Å². The Balaban J connectivity index is 1.39. The molecule has 5 rings (SSSR count). The zero-order valence-corrected chi connectivity index (χ0v) is 19.3. The minimum Gasteiger partial charge on any atom is -0.381 e. The van der Waals surface area contributed by atoms with E-state index < -0.39 is 5.60 Å². The third kappa shape index (κ3) is 4.59. The first-order chi connectivity index (χ1) is 16.5. The van der Waals surface area contributed by atoms with Gasteiger partial charge in [0.15, 0.2) is 5.60 Å². The second-order valence-corrected chi connectivity index (χ2v) is 9.59. The van der Waals surface area contributed by atoms with E-state index in [4.69, 9.17) is 9.47 Å². The van der Waals surface area contributed by atoms with E-state index in [0.29, 0.717) is 37.7 Å². The molecule has 3 saturated heterocycles. The van der Waals surface area contributed by atoms with Crippen LogP contribution in [0.5, 0.6) is 0 Å². The van der Waals surface area contributed by atoms with Gasteiger partial charge in [-0.05, 0) is 42.0 Å². The summed E-state index contributed by atoms with van der Waals surface area (Å²) >= 11 is 0. The monoisotopic (exact) mass is 466 g/mol. The van der Waals surface area contributed by atoms with Crippen LogP contribution >= 0.6 is 0 Å². The molecular formula is C27H31FN2O4. The lowest BCUT2D eigenvalue weighted by molar-refractivity contribution is -0.167. The molecule has 7 heteroatoms. The smallest absolute Gasteiger partial charge is 0.257 e. The summed E-state index contributed by atoms with van der Waals surface area (Å²) in [5, 5.41) is 0. The van der Waals surface area contributed by atoms with Crippen molar-refractivity contribution in [3.8, 4) is 0 Å². The largest absolute Gasteiger partial charge is 0.381 e. The van der Waals surface area contributed by atoms with Gasteiger partial charge in [0.1, 0.15) is 5.82 Å². The fourth-order valence-corrected chi connectivity index (χ4v) is 5.56. The van der Waals surface area contributed by atoms with E-state index in [9.17, 15) is 14.0 Å². The molecule has 2 aromatic rings. The Bertz CT molecular complexity index is 1030. The van der Waals surface area contributed by atoms with Gasteiger partial charge in [-0.1, -0.05) is 42.5 Å². The minimum atomic E-state index is -1.09. The Hall–Kier alpha value is -2.77. The zero-order valence-electron chi connectivity index (χ0n) is 19.3. The van der Waals surface area contributed by atoms with Gasteiger partial charge < -0.3 is 19.3 Å². The van der Waals surface area contributed by atoms with Crippen LogP contribution in [0.3, 0.4) is 0 Å². The molecule has 0 N–H and O–H groups in total. The lowest BCUT2D eigenvalue weighted by atomic mass is 9.83. The highest BCUT2D eigenvalue weighted by Gasteiger charge is 2.58. The number of morpholine rings is 1. The zero-order chi connectivity index (χ0) is 23.5. The van der Waals surface area contributed by atoms with Gasteiger partial charge in [-0.25, -0.2) is 4.39 Å². The SMILES string of the molecule is O=C(Cc1cccc(F)c1)N1CCO[C@@]2(C1)C(=O)N(CC1CCOCC1)C[C@H]2c1ccccc1. The molecule has 0 unspecified atom stereocenters. The molecule has 0 radical (unpaired) electrons. The maximum absolute atomic E-state index is 13.9. The van der Waals surface area contributed by atoms with Gasteiger partial charge in [-0.2, -0.15) is 0 Å². The Morgan fingerprint density at radius 1 is 1.06 bits per heavy atom. The number of halogens is 1. The second kappa shape index (κ2) is 9.84. The first-order valence-electron chi connectivity index (χ1n) is 12.1. The molecule has 34 heavy (non-hydrogen) atoms. The van der Waals surface area contributed by atoms with E-state index in [2.05, 4.69) is 0 Å². The highest BCUT2D eigenvalue weighted by Crippen LogP contribution is 2.42. The summed E-state index contributed by atoms with van der Waals surface area (Å²) in [6, 6.07) is 16.1. The van der Waals surface area contributed by atoms with Crippen LogP contribution in [0.15, 0.2) is 54.6 Å². The van der Waals surface area contributed by atoms with Crippen LogP contribution in [0.1, 0.15) is 29.9 Å². The van der Waals surface area contributed by atoms with E-state index in [1.807, 2.05) is 35.2 Å². The molecule has 2 atom stereocenters. The van der Waals surface area contributed by atoms with Crippen molar-refractivity contribution in [2.24, 2.45) is 5.92 Å².